The van der Waals surface area contributed by atoms with Gasteiger partial charge in [-0.3, -0.25) is 9.59 Å². The summed E-state index contributed by atoms with van der Waals surface area (Å²) in [7, 11) is 0. The average Bonchev–Trinajstić information content (AvgIpc) is 3.45. The number of halogens is 1. The molecule has 2 aliphatic carbocycles. The van der Waals surface area contributed by atoms with Gasteiger partial charge in [-0.1, -0.05) is 25.4 Å². The van der Waals surface area contributed by atoms with Crippen molar-refractivity contribution in [2.24, 2.45) is 23.2 Å². The average molecular weight is 510 g/mol. The fourth-order valence-electron chi connectivity index (χ4n) is 6.61. The summed E-state index contributed by atoms with van der Waals surface area (Å²) < 4.78 is 2.06. The van der Waals surface area contributed by atoms with Gasteiger partial charge in [0.2, 0.25) is 11.8 Å². The molecule has 9 heteroatoms. The molecule has 1 aliphatic heterocycles. The number of carbonyl (C=O) groups excluding carboxylic acids is 2. The van der Waals surface area contributed by atoms with Crippen LogP contribution in [0.3, 0.4) is 0 Å². The Morgan fingerprint density at radius 1 is 1.22 bits per heavy atom. The lowest BCUT2D eigenvalue weighted by molar-refractivity contribution is -0.121. The number of carbonyl (C=O) groups is 2. The van der Waals surface area contributed by atoms with Gasteiger partial charge >= 0.3 is 0 Å². The van der Waals surface area contributed by atoms with Gasteiger partial charge in [0.25, 0.3) is 0 Å². The second-order valence-electron chi connectivity index (χ2n) is 11.5. The highest BCUT2D eigenvalue weighted by molar-refractivity contribution is 6.33. The molecule has 2 aromatic heterocycles. The number of nitrogens with one attached hydrogen (secondary N) is 2. The summed E-state index contributed by atoms with van der Waals surface area (Å²) in [6.07, 6.45) is 4.47. The summed E-state index contributed by atoms with van der Waals surface area (Å²) in [4.78, 5) is 29.0. The predicted octanol–water partition coefficient (Wildman–Crippen LogP) is 3.90. The number of hydrogen-bond donors (Lipinski definition) is 3. The van der Waals surface area contributed by atoms with E-state index in [0.717, 1.165) is 36.2 Å². The second-order valence-corrected chi connectivity index (χ2v) is 11.9. The van der Waals surface area contributed by atoms with Crippen molar-refractivity contribution >= 4 is 29.2 Å². The number of aliphatic hydroxyl groups excluding tert-OH is 1. The zero-order valence-electron chi connectivity index (χ0n) is 20.8. The van der Waals surface area contributed by atoms with Crippen LogP contribution < -0.4 is 10.6 Å². The molecule has 0 radical (unpaired) electrons. The van der Waals surface area contributed by atoms with Crippen molar-refractivity contribution in [3.05, 3.63) is 34.7 Å². The van der Waals surface area contributed by atoms with Crippen LogP contribution in [-0.2, 0) is 22.6 Å². The number of fused-ring (bicyclic) bond motifs is 2. The van der Waals surface area contributed by atoms with E-state index < -0.39 is 6.10 Å². The van der Waals surface area contributed by atoms with Crippen LogP contribution in [0.2, 0.25) is 5.02 Å². The van der Waals surface area contributed by atoms with Crippen LogP contribution in [0.15, 0.2) is 18.3 Å². The Balaban J connectivity index is 1.33. The van der Waals surface area contributed by atoms with E-state index in [0.29, 0.717) is 35.8 Å². The van der Waals surface area contributed by atoms with Crippen molar-refractivity contribution in [1.82, 2.24) is 14.9 Å². The number of anilines is 1. The molecule has 190 valence electrons. The van der Waals surface area contributed by atoms with Crippen molar-refractivity contribution in [3.63, 3.8) is 0 Å². The van der Waals surface area contributed by atoms with Crippen LogP contribution in [-0.4, -0.2) is 38.6 Å². The molecule has 5 rings (SSSR count). The minimum Gasteiger partial charge on any atom is -0.393 e. The van der Waals surface area contributed by atoms with Crippen molar-refractivity contribution in [2.45, 2.75) is 71.6 Å². The molecule has 0 unspecified atom stereocenters. The Morgan fingerprint density at radius 2 is 2.00 bits per heavy atom. The van der Waals surface area contributed by atoms with Crippen molar-refractivity contribution in [2.75, 3.05) is 5.32 Å². The number of hydrogen-bond acceptors (Lipinski definition) is 5. The number of aromatic nitrogens is 2. The normalized spacial score (nSPS) is 28.2. The fourth-order valence-corrected chi connectivity index (χ4v) is 6.82. The first-order valence-electron chi connectivity index (χ1n) is 12.6. The van der Waals surface area contributed by atoms with Gasteiger partial charge in [0, 0.05) is 48.4 Å². The first-order chi connectivity index (χ1) is 17.0. The molecular weight excluding hydrogens is 478 g/mol. The lowest BCUT2D eigenvalue weighted by Gasteiger charge is -2.36. The Bertz CT molecular complexity index is 1260. The summed E-state index contributed by atoms with van der Waals surface area (Å²) in [6, 6.07) is 5.89. The largest absolute Gasteiger partial charge is 0.393 e. The van der Waals surface area contributed by atoms with Gasteiger partial charge in [0.15, 0.2) is 0 Å². The summed E-state index contributed by atoms with van der Waals surface area (Å²) >= 11 is 6.54. The van der Waals surface area contributed by atoms with Crippen LogP contribution in [0.1, 0.15) is 57.8 Å². The van der Waals surface area contributed by atoms with E-state index in [9.17, 15) is 20.0 Å². The Hall–Kier alpha value is -2.89. The van der Waals surface area contributed by atoms with Crippen LogP contribution in [0.5, 0.6) is 0 Å². The van der Waals surface area contributed by atoms with Crippen LogP contribution in [0.25, 0.3) is 11.1 Å². The zero-order valence-corrected chi connectivity index (χ0v) is 21.6. The van der Waals surface area contributed by atoms with Crippen LogP contribution in [0, 0.1) is 34.5 Å². The molecule has 2 saturated carbocycles. The van der Waals surface area contributed by atoms with E-state index in [2.05, 4.69) is 40.1 Å². The van der Waals surface area contributed by atoms with Gasteiger partial charge in [-0.05, 0) is 61.5 Å². The third-order valence-electron chi connectivity index (χ3n) is 8.09. The molecule has 0 saturated heterocycles. The number of pyridine rings is 1. The van der Waals surface area contributed by atoms with Gasteiger partial charge in [-0.15, -0.1) is 0 Å². The summed E-state index contributed by atoms with van der Waals surface area (Å²) in [5.41, 5.74) is 3.38. The van der Waals surface area contributed by atoms with E-state index in [4.69, 9.17) is 11.6 Å². The maximum Gasteiger partial charge on any atom is 0.228 e. The molecule has 2 fully saturated rings. The van der Waals surface area contributed by atoms with Crippen molar-refractivity contribution < 1.29 is 14.7 Å². The number of nitrogens with zero attached hydrogens (tertiary/aromatic N) is 3. The molecule has 0 spiro atoms. The van der Waals surface area contributed by atoms with Gasteiger partial charge in [0.05, 0.1) is 11.1 Å². The predicted molar refractivity (Wildman–Crippen MR) is 136 cm³/mol. The van der Waals surface area contributed by atoms with E-state index in [1.165, 1.54) is 6.92 Å². The Labute approximate surface area is 216 Å². The molecule has 2 aromatic rings. The Kier molecular flexibility index (Phi) is 6.34. The SMILES string of the molecule is CC(=O)N[C@@H]1C[C@@H]2C[C@H](C(=O)Nc3cc(-c4cc(C#N)n5c4CC(C)(C)C5)c(Cl)cn3)C[C@@H]2[C@@H](O)C1. The highest BCUT2D eigenvalue weighted by Crippen LogP contribution is 2.46. The number of nitriles is 1. The van der Waals surface area contributed by atoms with Crippen LogP contribution >= 0.6 is 11.6 Å². The molecule has 0 aromatic carbocycles. The van der Waals surface area contributed by atoms with Gasteiger partial charge in [0.1, 0.15) is 17.6 Å². The van der Waals surface area contributed by atoms with Crippen LogP contribution in [0.4, 0.5) is 5.82 Å². The highest BCUT2D eigenvalue weighted by atomic mass is 35.5. The number of rotatable bonds is 4. The van der Waals surface area contributed by atoms with Gasteiger partial charge in [-0.25, -0.2) is 4.98 Å². The van der Waals surface area contributed by atoms with Crippen molar-refractivity contribution in [3.8, 4) is 17.2 Å². The zero-order chi connectivity index (χ0) is 25.8. The minimum atomic E-state index is -0.519. The molecule has 3 aliphatic rings. The third kappa shape index (κ3) is 4.62. The summed E-state index contributed by atoms with van der Waals surface area (Å²) in [5.74, 6) is 0.247. The van der Waals surface area contributed by atoms with E-state index >= 15 is 0 Å². The molecule has 0 bridgehead atoms. The highest BCUT2D eigenvalue weighted by Gasteiger charge is 2.45. The minimum absolute atomic E-state index is 0.0477. The summed E-state index contributed by atoms with van der Waals surface area (Å²) in [5, 5.41) is 26.6. The number of aliphatic hydroxyl groups is 1. The van der Waals surface area contributed by atoms with E-state index in [1.807, 2.05) is 6.07 Å². The smallest absolute Gasteiger partial charge is 0.228 e. The lowest BCUT2D eigenvalue weighted by atomic mass is 9.77. The fraction of sp³-hybridized carbons (Fsp3) is 0.556. The molecular formula is C27H32ClN5O3. The quantitative estimate of drug-likeness (QED) is 0.577. The maximum absolute atomic E-state index is 13.2. The molecule has 5 atom stereocenters. The molecule has 2 amide bonds. The first kappa shape index (κ1) is 24.8. The Morgan fingerprint density at radius 3 is 2.72 bits per heavy atom. The van der Waals surface area contributed by atoms with E-state index in [-0.39, 0.29) is 41.0 Å². The van der Waals surface area contributed by atoms with Crippen molar-refractivity contribution in [1.29, 1.82) is 5.26 Å². The molecule has 36 heavy (non-hydrogen) atoms. The van der Waals surface area contributed by atoms with Gasteiger partial charge < -0.3 is 20.3 Å². The molecule has 8 nitrogen and oxygen atoms in total. The second kappa shape index (κ2) is 9.20. The topological polar surface area (TPSA) is 120 Å². The maximum atomic E-state index is 13.2. The molecule has 3 heterocycles. The number of amides is 2. The van der Waals surface area contributed by atoms with E-state index in [1.54, 1.807) is 12.3 Å². The van der Waals surface area contributed by atoms with Gasteiger partial charge in [-0.2, -0.15) is 5.26 Å². The third-order valence-corrected chi connectivity index (χ3v) is 8.39. The first-order valence-corrected chi connectivity index (χ1v) is 13.0. The lowest BCUT2D eigenvalue weighted by Crippen LogP contribution is -2.44. The monoisotopic (exact) mass is 509 g/mol. The molecule has 3 N–H and O–H groups in total. The summed E-state index contributed by atoms with van der Waals surface area (Å²) in [6.45, 7) is 6.62. The standard InChI is InChI=1S/C27H32ClN5O3/c1-14(34)31-17-5-15-4-16(6-19(15)24(35)7-17)26(36)32-25-9-20(22(28)12-30-25)21-8-18(11-29)33-13-27(2,3)10-23(21)33/h8-9,12,15-17,19,24,35H,4-7,10,13H2,1-3H3,(H,31,34)(H,30,32,36)/t15-,16-,17+,19-,24-/m0/s1.